The predicted octanol–water partition coefficient (Wildman–Crippen LogP) is -0.577. The molecule has 1 aliphatic heterocycles. The Morgan fingerprint density at radius 3 is 3.18 bits per heavy atom. The smallest absolute Gasteiger partial charge is 0.242 e. The van der Waals surface area contributed by atoms with Crippen LogP contribution in [0.3, 0.4) is 0 Å². The molecule has 2 heterocycles. The van der Waals surface area contributed by atoms with Crippen molar-refractivity contribution in [1.29, 1.82) is 0 Å². The summed E-state index contributed by atoms with van der Waals surface area (Å²) < 4.78 is 5.38. The van der Waals surface area contributed by atoms with E-state index in [2.05, 4.69) is 15.3 Å². The molecular weight excluding hydrogens is 220 g/mol. The Morgan fingerprint density at radius 2 is 2.47 bits per heavy atom. The lowest BCUT2D eigenvalue weighted by atomic mass is 10.2. The molecule has 0 bridgehead atoms. The highest BCUT2D eigenvalue weighted by molar-refractivity contribution is 5.82. The van der Waals surface area contributed by atoms with Crippen LogP contribution in [0.25, 0.3) is 0 Å². The zero-order chi connectivity index (χ0) is 12.1. The number of nitrogens with zero attached hydrogens (tertiary/aromatic N) is 3. The van der Waals surface area contributed by atoms with Gasteiger partial charge in [0.15, 0.2) is 0 Å². The van der Waals surface area contributed by atoms with Crippen LogP contribution in [0.1, 0.15) is 5.69 Å². The minimum Gasteiger partial charge on any atom is -0.377 e. The molecule has 1 N–H and O–H groups in total. The third-order valence-corrected chi connectivity index (χ3v) is 2.72. The number of carbonyl (C=O) groups excluding carboxylic acids is 1. The highest BCUT2D eigenvalue weighted by atomic mass is 16.5. The van der Waals surface area contributed by atoms with Crippen molar-refractivity contribution in [1.82, 2.24) is 20.2 Å². The summed E-state index contributed by atoms with van der Waals surface area (Å²) >= 11 is 0. The molecule has 6 nitrogen and oxygen atoms in total. The Bertz CT molecular complexity index is 371. The van der Waals surface area contributed by atoms with Crippen LogP contribution < -0.4 is 5.32 Å². The zero-order valence-electron chi connectivity index (χ0n) is 9.80. The Morgan fingerprint density at radius 1 is 1.59 bits per heavy atom. The van der Waals surface area contributed by atoms with Gasteiger partial charge in [-0.25, -0.2) is 0 Å². The first-order valence-electron chi connectivity index (χ1n) is 5.60. The molecule has 92 valence electrons. The summed E-state index contributed by atoms with van der Waals surface area (Å²) in [5.41, 5.74) is 0.789. The molecular formula is C11H16N4O2. The van der Waals surface area contributed by atoms with Gasteiger partial charge in [-0.15, -0.1) is 0 Å². The molecule has 0 aromatic carbocycles. The van der Waals surface area contributed by atoms with E-state index >= 15 is 0 Å². The zero-order valence-corrected chi connectivity index (χ0v) is 9.80. The van der Waals surface area contributed by atoms with E-state index in [9.17, 15) is 4.79 Å². The van der Waals surface area contributed by atoms with Gasteiger partial charge in [0.25, 0.3) is 0 Å². The first-order valence-corrected chi connectivity index (χ1v) is 5.60. The molecule has 1 aromatic rings. The molecule has 6 heteroatoms. The molecule has 1 aliphatic rings. The number of aromatic nitrogens is 2. The lowest BCUT2D eigenvalue weighted by Crippen LogP contribution is -2.45. The third kappa shape index (κ3) is 2.98. The van der Waals surface area contributed by atoms with Crippen LogP contribution in [0.5, 0.6) is 0 Å². The second-order valence-corrected chi connectivity index (χ2v) is 3.87. The van der Waals surface area contributed by atoms with E-state index in [0.717, 1.165) is 5.69 Å². The molecule has 0 saturated carbocycles. The SMILES string of the molecule is CNC1COCCN(Cc2cnccn2)C1=O. The Hall–Kier alpha value is -1.53. The number of rotatable bonds is 3. The molecule has 0 aliphatic carbocycles. The van der Waals surface area contributed by atoms with E-state index in [1.165, 1.54) is 0 Å². The molecule has 0 radical (unpaired) electrons. The number of hydrogen-bond donors (Lipinski definition) is 1. The van der Waals surface area contributed by atoms with Crippen LogP contribution in [0, 0.1) is 0 Å². The van der Waals surface area contributed by atoms with Crippen molar-refractivity contribution >= 4 is 5.91 Å². The van der Waals surface area contributed by atoms with Gasteiger partial charge in [-0.1, -0.05) is 0 Å². The van der Waals surface area contributed by atoms with Crippen LogP contribution in [-0.4, -0.2) is 53.6 Å². The number of carbonyl (C=O) groups is 1. The summed E-state index contributed by atoms with van der Waals surface area (Å²) in [6.07, 6.45) is 4.92. The van der Waals surface area contributed by atoms with Crippen molar-refractivity contribution in [3.8, 4) is 0 Å². The lowest BCUT2D eigenvalue weighted by molar-refractivity contribution is -0.133. The predicted molar refractivity (Wildman–Crippen MR) is 61.1 cm³/mol. The highest BCUT2D eigenvalue weighted by Crippen LogP contribution is 2.06. The van der Waals surface area contributed by atoms with Crippen LogP contribution in [0.4, 0.5) is 0 Å². The van der Waals surface area contributed by atoms with Crippen LogP contribution >= 0.6 is 0 Å². The standard InChI is InChI=1S/C11H16N4O2/c1-12-10-8-17-5-4-15(11(10)16)7-9-6-13-2-3-14-9/h2-3,6,10,12H,4-5,7-8H2,1H3. The van der Waals surface area contributed by atoms with E-state index in [4.69, 9.17) is 4.74 Å². The van der Waals surface area contributed by atoms with Gasteiger partial charge in [-0.3, -0.25) is 14.8 Å². The topological polar surface area (TPSA) is 67.3 Å². The van der Waals surface area contributed by atoms with Gasteiger partial charge in [0.05, 0.1) is 31.6 Å². The maximum Gasteiger partial charge on any atom is 0.242 e. The average molecular weight is 236 g/mol. The summed E-state index contributed by atoms with van der Waals surface area (Å²) in [7, 11) is 1.76. The summed E-state index contributed by atoms with van der Waals surface area (Å²) in [4.78, 5) is 22.0. The minimum atomic E-state index is -0.269. The fraction of sp³-hybridized carbons (Fsp3) is 0.545. The molecule has 1 atom stereocenters. The second kappa shape index (κ2) is 5.70. The molecule has 0 spiro atoms. The summed E-state index contributed by atoms with van der Waals surface area (Å²) in [5, 5.41) is 2.96. The van der Waals surface area contributed by atoms with Crippen LogP contribution in [-0.2, 0) is 16.1 Å². The maximum atomic E-state index is 12.1. The van der Waals surface area contributed by atoms with Crippen molar-refractivity contribution in [3.05, 3.63) is 24.3 Å². The van der Waals surface area contributed by atoms with Crippen LogP contribution in [0.15, 0.2) is 18.6 Å². The van der Waals surface area contributed by atoms with Crippen LogP contribution in [0.2, 0.25) is 0 Å². The van der Waals surface area contributed by atoms with Gasteiger partial charge in [0.1, 0.15) is 6.04 Å². The Balaban J connectivity index is 2.06. The molecule has 1 saturated heterocycles. The van der Waals surface area contributed by atoms with Gasteiger partial charge in [0, 0.05) is 18.9 Å². The third-order valence-electron chi connectivity index (χ3n) is 2.72. The minimum absolute atomic E-state index is 0.0515. The maximum absolute atomic E-state index is 12.1. The number of amides is 1. The second-order valence-electron chi connectivity index (χ2n) is 3.87. The summed E-state index contributed by atoms with van der Waals surface area (Å²) in [6.45, 7) is 2.05. The molecule has 2 rings (SSSR count). The highest BCUT2D eigenvalue weighted by Gasteiger charge is 2.26. The molecule has 1 unspecified atom stereocenters. The van der Waals surface area contributed by atoms with Crippen molar-refractivity contribution in [2.45, 2.75) is 12.6 Å². The quantitative estimate of drug-likeness (QED) is 0.760. The fourth-order valence-electron chi connectivity index (χ4n) is 1.75. The first-order chi connectivity index (χ1) is 8.31. The van der Waals surface area contributed by atoms with Crippen molar-refractivity contribution in [2.75, 3.05) is 26.8 Å². The Kier molecular flexibility index (Phi) is 4.00. The molecule has 1 fully saturated rings. The average Bonchev–Trinajstić information content (AvgIpc) is 2.54. The number of hydrogen-bond acceptors (Lipinski definition) is 5. The van der Waals surface area contributed by atoms with Gasteiger partial charge in [0.2, 0.25) is 5.91 Å². The molecule has 1 aromatic heterocycles. The van der Waals surface area contributed by atoms with Gasteiger partial charge in [-0.05, 0) is 7.05 Å². The number of nitrogens with one attached hydrogen (secondary N) is 1. The van der Waals surface area contributed by atoms with Gasteiger partial charge in [-0.2, -0.15) is 0 Å². The normalized spacial score (nSPS) is 21.4. The molecule has 1 amide bonds. The largest absolute Gasteiger partial charge is 0.377 e. The monoisotopic (exact) mass is 236 g/mol. The fourth-order valence-corrected chi connectivity index (χ4v) is 1.75. The van der Waals surface area contributed by atoms with Crippen molar-refractivity contribution in [2.24, 2.45) is 0 Å². The van der Waals surface area contributed by atoms with Crippen molar-refractivity contribution in [3.63, 3.8) is 0 Å². The van der Waals surface area contributed by atoms with E-state index in [1.54, 1.807) is 30.5 Å². The van der Waals surface area contributed by atoms with E-state index in [1.807, 2.05) is 0 Å². The van der Waals surface area contributed by atoms with Gasteiger partial charge < -0.3 is 15.0 Å². The van der Waals surface area contributed by atoms with Gasteiger partial charge >= 0.3 is 0 Å². The van der Waals surface area contributed by atoms with Crippen molar-refractivity contribution < 1.29 is 9.53 Å². The molecule has 17 heavy (non-hydrogen) atoms. The number of ether oxygens (including phenoxy) is 1. The lowest BCUT2D eigenvalue weighted by Gasteiger charge is -2.22. The van der Waals surface area contributed by atoms with E-state index in [-0.39, 0.29) is 11.9 Å². The van der Waals surface area contributed by atoms with E-state index in [0.29, 0.717) is 26.3 Å². The first kappa shape index (κ1) is 11.9. The summed E-state index contributed by atoms with van der Waals surface area (Å²) in [6, 6.07) is -0.269. The summed E-state index contributed by atoms with van der Waals surface area (Å²) in [5.74, 6) is 0.0515. The Labute approximate surface area is 100 Å². The van der Waals surface area contributed by atoms with E-state index < -0.39 is 0 Å². The number of likely N-dealkylation sites (N-methyl/N-ethyl adjacent to an activating group) is 1.